The Morgan fingerprint density at radius 2 is 2.17 bits per heavy atom. The first-order valence-corrected chi connectivity index (χ1v) is 4.01. The number of hydrogen-bond donors (Lipinski definition) is 2. The van der Waals surface area contributed by atoms with E-state index in [0.717, 1.165) is 0 Å². The van der Waals surface area contributed by atoms with Crippen LogP contribution in [0.25, 0.3) is 0 Å². The molecule has 0 aromatic carbocycles. The van der Waals surface area contributed by atoms with Gasteiger partial charge in [0.1, 0.15) is 0 Å². The van der Waals surface area contributed by atoms with Crippen LogP contribution in [0.1, 0.15) is 27.7 Å². The zero-order valence-electron chi connectivity index (χ0n) is 8.14. The van der Waals surface area contributed by atoms with Gasteiger partial charge in [0, 0.05) is 0 Å². The van der Waals surface area contributed by atoms with Gasteiger partial charge in [0.25, 0.3) is 0 Å². The fourth-order valence-electron chi connectivity index (χ4n) is 0.815. The van der Waals surface area contributed by atoms with Crippen molar-refractivity contribution >= 4 is 0 Å². The number of hydrogen-bond acceptors (Lipinski definition) is 3. The minimum atomic E-state index is -0.204. The Balaban J connectivity index is 4.25. The minimum absolute atomic E-state index is 0.204. The van der Waals surface area contributed by atoms with E-state index in [2.05, 4.69) is 25.7 Å². The molecule has 12 heavy (non-hydrogen) atoms. The summed E-state index contributed by atoms with van der Waals surface area (Å²) in [5.41, 5.74) is 1.46. The van der Waals surface area contributed by atoms with E-state index in [0.29, 0.717) is 12.5 Å². The molecule has 0 bridgehead atoms. The zero-order chi connectivity index (χ0) is 9.61. The molecule has 1 atom stereocenters. The van der Waals surface area contributed by atoms with Gasteiger partial charge in [0.05, 0.1) is 12.0 Å². The van der Waals surface area contributed by atoms with Gasteiger partial charge in [0.15, 0.2) is 0 Å². The van der Waals surface area contributed by atoms with E-state index >= 15 is 0 Å². The Hall–Kier alpha value is -0.560. The van der Waals surface area contributed by atoms with Crippen molar-refractivity contribution in [3.05, 3.63) is 0 Å². The molecule has 0 saturated heterocycles. The lowest BCUT2D eigenvalue weighted by molar-refractivity contribution is -0.146. The molecule has 0 fully saturated rings. The second-order valence-electron chi connectivity index (χ2n) is 3.33. The van der Waals surface area contributed by atoms with Gasteiger partial charge in [-0.1, -0.05) is 25.4 Å². The summed E-state index contributed by atoms with van der Waals surface area (Å²) in [7, 11) is 0. The lowest BCUT2D eigenvalue weighted by atomic mass is 9.80. The molecular weight excluding hydrogens is 154 g/mol. The van der Waals surface area contributed by atoms with E-state index < -0.39 is 0 Å². The quantitative estimate of drug-likeness (QED) is 0.498. The summed E-state index contributed by atoms with van der Waals surface area (Å²) in [6, 6.07) is 0. The lowest BCUT2D eigenvalue weighted by Crippen LogP contribution is -2.30. The second kappa shape index (κ2) is 5.15. The third kappa shape index (κ3) is 3.22. The molecule has 0 spiro atoms. The summed E-state index contributed by atoms with van der Waals surface area (Å²) in [5, 5.41) is 8.26. The Morgan fingerprint density at radius 1 is 1.58 bits per heavy atom. The molecule has 0 aliphatic carbocycles. The third-order valence-electron chi connectivity index (χ3n) is 2.12. The van der Waals surface area contributed by atoms with Gasteiger partial charge >= 0.3 is 0 Å². The minimum Gasteiger partial charge on any atom is -0.292 e. The standard InChI is InChI=1S/C9H17NO2/c1-5-6-9(4,8(2)3)7-12-10-11/h8,10-11H,7H2,1-4H3. The lowest BCUT2D eigenvalue weighted by Gasteiger charge is -2.26. The predicted molar refractivity (Wildman–Crippen MR) is 47.3 cm³/mol. The van der Waals surface area contributed by atoms with Crippen LogP contribution in [0, 0.1) is 23.2 Å². The van der Waals surface area contributed by atoms with Crippen molar-refractivity contribution in [2.24, 2.45) is 11.3 Å². The number of nitrogens with one attached hydrogen (secondary N) is 1. The molecule has 0 aromatic heterocycles. The van der Waals surface area contributed by atoms with Crippen molar-refractivity contribution < 1.29 is 10.0 Å². The average molecular weight is 171 g/mol. The summed E-state index contributed by atoms with van der Waals surface area (Å²) in [6.07, 6.45) is 0. The first kappa shape index (κ1) is 11.4. The van der Waals surface area contributed by atoms with Crippen molar-refractivity contribution in [3.63, 3.8) is 0 Å². The van der Waals surface area contributed by atoms with Gasteiger partial charge in [-0.15, -0.1) is 5.92 Å². The highest BCUT2D eigenvalue weighted by atomic mass is 16.8. The molecule has 0 heterocycles. The van der Waals surface area contributed by atoms with E-state index in [9.17, 15) is 0 Å². The maximum absolute atomic E-state index is 8.26. The highest BCUT2D eigenvalue weighted by Crippen LogP contribution is 2.25. The van der Waals surface area contributed by atoms with E-state index in [1.165, 1.54) is 0 Å². The van der Waals surface area contributed by atoms with Crippen LogP contribution in [0.4, 0.5) is 0 Å². The Morgan fingerprint density at radius 3 is 2.50 bits per heavy atom. The molecule has 0 saturated carbocycles. The maximum Gasteiger partial charge on any atom is 0.0874 e. The summed E-state index contributed by atoms with van der Waals surface area (Å²) >= 11 is 0. The molecule has 70 valence electrons. The third-order valence-corrected chi connectivity index (χ3v) is 2.12. The second-order valence-corrected chi connectivity index (χ2v) is 3.33. The van der Waals surface area contributed by atoms with Gasteiger partial charge in [-0.05, 0) is 19.8 Å². The SMILES string of the molecule is CC#CC(C)(CONO)C(C)C. The van der Waals surface area contributed by atoms with Crippen LogP contribution < -0.4 is 5.64 Å². The van der Waals surface area contributed by atoms with Gasteiger partial charge in [-0.3, -0.25) is 10.0 Å². The summed E-state index contributed by atoms with van der Waals surface area (Å²) < 4.78 is 0. The van der Waals surface area contributed by atoms with Crippen LogP contribution in [0.5, 0.6) is 0 Å². The molecule has 0 aromatic rings. The van der Waals surface area contributed by atoms with E-state index in [-0.39, 0.29) is 5.41 Å². The van der Waals surface area contributed by atoms with Crippen LogP contribution in [0.15, 0.2) is 0 Å². The summed E-state index contributed by atoms with van der Waals surface area (Å²) in [6.45, 7) is 8.33. The molecule has 3 heteroatoms. The number of rotatable bonds is 4. The fraction of sp³-hybridized carbons (Fsp3) is 0.778. The van der Waals surface area contributed by atoms with Crippen LogP contribution >= 0.6 is 0 Å². The van der Waals surface area contributed by atoms with Crippen LogP contribution in [-0.4, -0.2) is 11.8 Å². The van der Waals surface area contributed by atoms with Crippen LogP contribution in [0.2, 0.25) is 0 Å². The molecule has 0 radical (unpaired) electrons. The molecule has 0 aliphatic heterocycles. The van der Waals surface area contributed by atoms with Crippen LogP contribution in [-0.2, 0) is 4.84 Å². The molecule has 3 nitrogen and oxygen atoms in total. The predicted octanol–water partition coefficient (Wildman–Crippen LogP) is 1.58. The zero-order valence-corrected chi connectivity index (χ0v) is 8.14. The summed E-state index contributed by atoms with van der Waals surface area (Å²) in [4.78, 5) is 4.72. The van der Waals surface area contributed by atoms with Gasteiger partial charge in [-0.2, -0.15) is 0 Å². The van der Waals surface area contributed by atoms with Crippen LogP contribution in [0.3, 0.4) is 0 Å². The largest absolute Gasteiger partial charge is 0.292 e. The van der Waals surface area contributed by atoms with E-state index in [4.69, 9.17) is 10.0 Å². The highest BCUT2D eigenvalue weighted by Gasteiger charge is 2.26. The van der Waals surface area contributed by atoms with Crippen molar-refractivity contribution in [3.8, 4) is 11.8 Å². The highest BCUT2D eigenvalue weighted by molar-refractivity contribution is 5.10. The molecular formula is C9H17NO2. The Kier molecular flexibility index (Phi) is 4.91. The molecule has 2 N–H and O–H groups in total. The van der Waals surface area contributed by atoms with Crippen molar-refractivity contribution in [2.45, 2.75) is 27.7 Å². The monoisotopic (exact) mass is 171 g/mol. The molecule has 0 rings (SSSR count). The first-order valence-electron chi connectivity index (χ1n) is 4.01. The smallest absolute Gasteiger partial charge is 0.0874 e. The molecule has 0 aliphatic rings. The van der Waals surface area contributed by atoms with E-state index in [1.807, 2.05) is 6.92 Å². The maximum atomic E-state index is 8.26. The average Bonchev–Trinajstić information content (AvgIpc) is 2.01. The molecule has 1 unspecified atom stereocenters. The van der Waals surface area contributed by atoms with Crippen molar-refractivity contribution in [1.29, 1.82) is 0 Å². The molecule has 0 amide bonds. The Labute approximate surface area is 74.0 Å². The topological polar surface area (TPSA) is 41.5 Å². The normalized spacial score (nSPS) is 15.2. The van der Waals surface area contributed by atoms with E-state index in [1.54, 1.807) is 12.6 Å². The van der Waals surface area contributed by atoms with Crippen molar-refractivity contribution in [2.75, 3.05) is 6.61 Å². The Bertz CT molecular complexity index is 181. The summed E-state index contributed by atoms with van der Waals surface area (Å²) in [5.74, 6) is 6.31. The first-order chi connectivity index (χ1) is 5.56. The van der Waals surface area contributed by atoms with Gasteiger partial charge in [0.2, 0.25) is 0 Å². The van der Waals surface area contributed by atoms with Gasteiger partial charge < -0.3 is 0 Å². The van der Waals surface area contributed by atoms with Crippen molar-refractivity contribution in [1.82, 2.24) is 5.64 Å². The fourth-order valence-corrected chi connectivity index (χ4v) is 0.815. The van der Waals surface area contributed by atoms with Gasteiger partial charge in [-0.25, -0.2) is 0 Å².